The first-order valence-electron chi connectivity index (χ1n) is 6.90. The van der Waals surface area contributed by atoms with Crippen LogP contribution in [-0.2, 0) is 10.0 Å². The first kappa shape index (κ1) is 10.5. The molecular formula is C10H11N3O6S. The molecule has 0 spiro atoms. The fraction of sp³-hybridized carbons (Fsp3) is 0.400. The number of carbonyl (C=O) groups is 1. The molecule has 108 valence electrons. The van der Waals surface area contributed by atoms with Crippen molar-refractivity contribution < 1.29 is 27.0 Å². The molecule has 1 heterocycles. The summed E-state index contributed by atoms with van der Waals surface area (Å²) in [6.07, 6.45) is 0.868. The van der Waals surface area contributed by atoms with Gasteiger partial charge in [-0.1, -0.05) is 0 Å². The van der Waals surface area contributed by atoms with Crippen molar-refractivity contribution in [3.8, 4) is 5.88 Å². The third kappa shape index (κ3) is 2.85. The summed E-state index contributed by atoms with van der Waals surface area (Å²) in [5.74, 6) is -2.02. The third-order valence-corrected chi connectivity index (χ3v) is 4.38. The minimum absolute atomic E-state index is 0.434. The first-order chi connectivity index (χ1) is 10.5. The number of methoxy groups -OCH3 is 1. The molecular weight excluding hydrogens is 290 g/mol. The minimum Gasteiger partial charge on any atom is -0.476 e. The first-order valence-corrected chi connectivity index (χ1v) is 6.95. The fourth-order valence-electron chi connectivity index (χ4n) is 1.42. The highest BCUT2D eigenvalue weighted by molar-refractivity contribution is 7.91. The van der Waals surface area contributed by atoms with Crippen molar-refractivity contribution in [1.29, 1.82) is 0 Å². The normalized spacial score (nSPS) is 17.5. The van der Waals surface area contributed by atoms with Crippen LogP contribution in [0.15, 0.2) is 12.1 Å². The molecule has 2 rings (SSSR count). The zero-order valence-corrected chi connectivity index (χ0v) is 10.7. The second-order valence-electron chi connectivity index (χ2n) is 4.06. The molecule has 1 aromatic heterocycles. The van der Waals surface area contributed by atoms with E-state index in [1.807, 2.05) is 0 Å². The summed E-state index contributed by atoms with van der Waals surface area (Å²) in [6.45, 7) is 0. The molecule has 20 heavy (non-hydrogen) atoms. The van der Waals surface area contributed by atoms with Crippen LogP contribution in [0, 0.1) is 10.1 Å². The minimum atomic E-state index is -3.83. The highest BCUT2D eigenvalue weighted by Gasteiger charge is 2.37. The third-order valence-electron chi connectivity index (χ3n) is 2.56. The van der Waals surface area contributed by atoms with E-state index in [0.717, 1.165) is 12.1 Å². The average molecular weight is 304 g/mol. The number of nitrogens with zero attached hydrogens (tertiary/aromatic N) is 2. The largest absolute Gasteiger partial charge is 0.476 e. The summed E-state index contributed by atoms with van der Waals surface area (Å²) < 4.78 is 50.4. The number of amides is 1. The number of ether oxygens (including phenoxy) is 1. The van der Waals surface area contributed by atoms with E-state index < -0.39 is 50.4 Å². The molecule has 0 radical (unpaired) electrons. The van der Waals surface area contributed by atoms with Crippen LogP contribution in [-0.4, -0.2) is 36.5 Å². The Balaban J connectivity index is 2.30. The predicted octanol–water partition coefficient (Wildman–Crippen LogP) is 0.220. The molecule has 1 fully saturated rings. The number of rotatable bonds is 5. The quantitative estimate of drug-likeness (QED) is 0.608. The van der Waals surface area contributed by atoms with E-state index in [0.29, 0.717) is 12.8 Å². The molecule has 9 nitrogen and oxygen atoms in total. The van der Waals surface area contributed by atoms with Crippen molar-refractivity contribution in [2.75, 3.05) is 7.04 Å². The van der Waals surface area contributed by atoms with E-state index in [2.05, 4.69) is 9.72 Å². The SMILES string of the molecule is [2H]C([2H])([2H])Oc1nc(C(=O)NS(=O)(=O)C2CC2)ccc1[N+](=O)[O-]. The summed E-state index contributed by atoms with van der Waals surface area (Å²) in [5.41, 5.74) is -1.28. The summed E-state index contributed by atoms with van der Waals surface area (Å²) in [6, 6.07) is 1.72. The lowest BCUT2D eigenvalue weighted by atomic mass is 10.3. The van der Waals surface area contributed by atoms with E-state index in [9.17, 15) is 23.3 Å². The van der Waals surface area contributed by atoms with Crippen LogP contribution in [0.2, 0.25) is 0 Å². The van der Waals surface area contributed by atoms with Crippen molar-refractivity contribution >= 4 is 21.6 Å². The van der Waals surface area contributed by atoms with Gasteiger partial charge in [0.25, 0.3) is 11.8 Å². The van der Waals surface area contributed by atoms with Crippen molar-refractivity contribution in [3.05, 3.63) is 27.9 Å². The smallest absolute Gasteiger partial charge is 0.330 e. The molecule has 0 aromatic carbocycles. The van der Waals surface area contributed by atoms with Gasteiger partial charge in [0.2, 0.25) is 10.0 Å². The molecule has 1 aromatic rings. The second-order valence-corrected chi connectivity index (χ2v) is 6.02. The van der Waals surface area contributed by atoms with E-state index in [1.165, 1.54) is 0 Å². The number of nitro groups is 1. The van der Waals surface area contributed by atoms with Crippen LogP contribution in [0.3, 0.4) is 0 Å². The predicted molar refractivity (Wildman–Crippen MR) is 66.9 cm³/mol. The summed E-state index contributed by atoms with van der Waals surface area (Å²) in [5, 5.41) is 10.2. The number of carbonyl (C=O) groups excluding carboxylic acids is 1. The Hall–Kier alpha value is -2.23. The zero-order valence-electron chi connectivity index (χ0n) is 12.9. The average Bonchev–Trinajstić information content (AvgIpc) is 3.20. The van der Waals surface area contributed by atoms with Crippen LogP contribution >= 0.6 is 0 Å². The van der Waals surface area contributed by atoms with Gasteiger partial charge in [0.1, 0.15) is 5.69 Å². The highest BCUT2D eigenvalue weighted by Crippen LogP contribution is 2.28. The van der Waals surface area contributed by atoms with Gasteiger partial charge >= 0.3 is 5.69 Å². The van der Waals surface area contributed by atoms with Gasteiger partial charge in [-0.15, -0.1) is 0 Å². The molecule has 0 bridgehead atoms. The molecule has 0 atom stereocenters. The Morgan fingerprint density at radius 3 is 2.85 bits per heavy atom. The van der Waals surface area contributed by atoms with Gasteiger partial charge in [0.05, 0.1) is 21.3 Å². The number of pyridine rings is 1. The lowest BCUT2D eigenvalue weighted by Crippen LogP contribution is -2.33. The van der Waals surface area contributed by atoms with Crippen LogP contribution < -0.4 is 9.46 Å². The number of sulfonamides is 1. The maximum Gasteiger partial charge on any atom is 0.330 e. The zero-order chi connectivity index (χ0) is 17.4. The van der Waals surface area contributed by atoms with Gasteiger partial charge in [-0.25, -0.2) is 18.1 Å². The molecule has 1 saturated carbocycles. The maximum absolute atomic E-state index is 11.9. The molecule has 1 aliphatic rings. The fourth-order valence-corrected chi connectivity index (χ4v) is 2.70. The van der Waals surface area contributed by atoms with Gasteiger partial charge in [-0.3, -0.25) is 14.9 Å². The van der Waals surface area contributed by atoms with E-state index >= 15 is 0 Å². The van der Waals surface area contributed by atoms with Crippen molar-refractivity contribution in [3.63, 3.8) is 0 Å². The Bertz CT molecular complexity index is 760. The Morgan fingerprint density at radius 1 is 1.60 bits per heavy atom. The lowest BCUT2D eigenvalue weighted by molar-refractivity contribution is -0.386. The Morgan fingerprint density at radius 2 is 2.30 bits per heavy atom. The molecule has 0 aliphatic heterocycles. The van der Waals surface area contributed by atoms with E-state index in [-0.39, 0.29) is 0 Å². The van der Waals surface area contributed by atoms with Gasteiger partial charge in [-0.05, 0) is 18.9 Å². The second kappa shape index (κ2) is 5.04. The van der Waals surface area contributed by atoms with Gasteiger partial charge < -0.3 is 4.74 Å². The van der Waals surface area contributed by atoms with Crippen LogP contribution in [0.25, 0.3) is 0 Å². The standard InChI is InChI=1S/C10H11N3O6S/c1-19-10-8(13(15)16)5-4-7(11-10)9(14)12-20(17,18)6-2-3-6/h4-6H,2-3H2,1H3,(H,12,14)/i1D3. The van der Waals surface area contributed by atoms with Crippen LogP contribution in [0.1, 0.15) is 27.4 Å². The maximum atomic E-state index is 11.9. The summed E-state index contributed by atoms with van der Waals surface area (Å²) >= 11 is 0. The van der Waals surface area contributed by atoms with Crippen molar-refractivity contribution in [1.82, 2.24) is 9.71 Å². The van der Waals surface area contributed by atoms with E-state index in [1.54, 1.807) is 4.72 Å². The summed E-state index contributed by atoms with van der Waals surface area (Å²) in [4.78, 5) is 25.2. The number of aromatic nitrogens is 1. The monoisotopic (exact) mass is 304 g/mol. The van der Waals surface area contributed by atoms with Gasteiger partial charge in [0.15, 0.2) is 0 Å². The molecule has 0 saturated heterocycles. The van der Waals surface area contributed by atoms with Crippen LogP contribution in [0.4, 0.5) is 5.69 Å². The number of nitrogens with one attached hydrogen (secondary N) is 1. The molecule has 1 aliphatic carbocycles. The van der Waals surface area contributed by atoms with E-state index in [4.69, 9.17) is 4.11 Å². The number of hydrogen-bond donors (Lipinski definition) is 1. The van der Waals surface area contributed by atoms with Crippen molar-refractivity contribution in [2.45, 2.75) is 18.1 Å². The molecule has 10 heteroatoms. The molecule has 1 N–H and O–H groups in total. The Kier molecular flexibility index (Phi) is 2.66. The number of hydrogen-bond acceptors (Lipinski definition) is 7. The highest BCUT2D eigenvalue weighted by atomic mass is 32.2. The van der Waals surface area contributed by atoms with Gasteiger partial charge in [0, 0.05) is 6.07 Å². The molecule has 0 unspecified atom stereocenters. The van der Waals surface area contributed by atoms with Crippen LogP contribution in [0.5, 0.6) is 5.88 Å². The topological polar surface area (TPSA) is 128 Å². The molecule has 1 amide bonds. The van der Waals surface area contributed by atoms with Gasteiger partial charge in [-0.2, -0.15) is 0 Å². The van der Waals surface area contributed by atoms with Crippen molar-refractivity contribution in [2.24, 2.45) is 0 Å². The lowest BCUT2D eigenvalue weighted by Gasteiger charge is -2.06. The Labute approximate surface area is 118 Å². The summed E-state index contributed by atoms with van der Waals surface area (Å²) in [7, 11) is -6.86.